The van der Waals surface area contributed by atoms with Crippen molar-refractivity contribution in [2.75, 3.05) is 26.2 Å². The number of H-pyrrole nitrogens is 1. The molecule has 0 bridgehead atoms. The van der Waals surface area contributed by atoms with Crippen molar-refractivity contribution in [3.63, 3.8) is 0 Å². The van der Waals surface area contributed by atoms with Gasteiger partial charge in [0.15, 0.2) is 10.3 Å². The summed E-state index contributed by atoms with van der Waals surface area (Å²) < 4.78 is 32.6. The van der Waals surface area contributed by atoms with Gasteiger partial charge in [-0.3, -0.25) is 9.59 Å². The molecule has 0 saturated carbocycles. The van der Waals surface area contributed by atoms with E-state index in [1.54, 1.807) is 24.8 Å². The Balaban J connectivity index is 1.62. The van der Waals surface area contributed by atoms with Crippen LogP contribution in [-0.4, -0.2) is 60.8 Å². The molecule has 28 heavy (non-hydrogen) atoms. The fraction of sp³-hybridized carbons (Fsp3) is 0.444. The van der Waals surface area contributed by atoms with E-state index in [2.05, 4.69) is 4.98 Å². The second-order valence-electron chi connectivity index (χ2n) is 6.73. The monoisotopic (exact) mass is 425 g/mol. The van der Waals surface area contributed by atoms with E-state index in [1.807, 2.05) is 25.1 Å². The summed E-state index contributed by atoms with van der Waals surface area (Å²) in [6, 6.07) is 7.47. The lowest BCUT2D eigenvalue weighted by Gasteiger charge is -2.35. The lowest BCUT2D eigenvalue weighted by Crippen LogP contribution is -2.53. The van der Waals surface area contributed by atoms with E-state index < -0.39 is 21.0 Å². The minimum Gasteiger partial charge on any atom is -0.481 e. The maximum absolute atomic E-state index is 12.8. The number of piperazine rings is 1. The van der Waals surface area contributed by atoms with E-state index >= 15 is 0 Å². The van der Waals surface area contributed by atoms with Gasteiger partial charge in [-0.05, 0) is 38.5 Å². The average Bonchev–Trinajstić information content (AvgIpc) is 3.00. The fourth-order valence-corrected chi connectivity index (χ4v) is 5.96. The van der Waals surface area contributed by atoms with Crippen LogP contribution in [0.15, 0.2) is 33.3 Å². The number of ether oxygens (including phenoxy) is 1. The minimum absolute atomic E-state index is 0.0356. The van der Waals surface area contributed by atoms with Gasteiger partial charge in [0, 0.05) is 31.9 Å². The molecule has 0 radical (unpaired) electrons. The molecule has 1 aromatic heterocycles. The Morgan fingerprint density at radius 1 is 1.21 bits per heavy atom. The minimum atomic E-state index is -3.74. The van der Waals surface area contributed by atoms with E-state index in [1.165, 1.54) is 4.31 Å². The number of sulfonamides is 1. The number of amides is 1. The smallest absolute Gasteiger partial charge is 0.305 e. The number of carbonyl (C=O) groups is 1. The van der Waals surface area contributed by atoms with Gasteiger partial charge in [0.05, 0.1) is 0 Å². The summed E-state index contributed by atoms with van der Waals surface area (Å²) in [5.74, 6) is 0.445. The van der Waals surface area contributed by atoms with E-state index in [0.717, 1.165) is 5.56 Å². The second-order valence-corrected chi connectivity index (χ2v) is 9.85. The summed E-state index contributed by atoms with van der Waals surface area (Å²) in [4.78, 5) is 27.8. The first kappa shape index (κ1) is 20.6. The Bertz CT molecular complexity index is 1020. The van der Waals surface area contributed by atoms with Crippen molar-refractivity contribution >= 4 is 27.3 Å². The van der Waals surface area contributed by atoms with Crippen LogP contribution in [0.5, 0.6) is 5.75 Å². The molecule has 1 aliphatic heterocycles. The van der Waals surface area contributed by atoms with Gasteiger partial charge >= 0.3 is 4.87 Å². The second kappa shape index (κ2) is 8.06. The number of hydrogen-bond donors (Lipinski definition) is 1. The Hall–Kier alpha value is -2.17. The summed E-state index contributed by atoms with van der Waals surface area (Å²) in [5, 5.41) is 0. The maximum atomic E-state index is 12.8. The molecule has 1 unspecified atom stereocenters. The van der Waals surface area contributed by atoms with Crippen LogP contribution in [-0.2, 0) is 14.8 Å². The molecule has 1 N–H and O–H groups in total. The van der Waals surface area contributed by atoms with E-state index in [-0.39, 0.29) is 36.3 Å². The maximum Gasteiger partial charge on any atom is 0.305 e. The van der Waals surface area contributed by atoms with Crippen LogP contribution in [0.3, 0.4) is 0 Å². The van der Waals surface area contributed by atoms with Crippen LogP contribution in [0, 0.1) is 13.8 Å². The van der Waals surface area contributed by atoms with E-state index in [9.17, 15) is 18.0 Å². The van der Waals surface area contributed by atoms with Gasteiger partial charge in [0.25, 0.3) is 15.9 Å². The van der Waals surface area contributed by atoms with Crippen LogP contribution < -0.4 is 9.61 Å². The molecule has 0 aliphatic carbocycles. The van der Waals surface area contributed by atoms with Crippen molar-refractivity contribution in [1.82, 2.24) is 14.2 Å². The van der Waals surface area contributed by atoms with Crippen LogP contribution in [0.4, 0.5) is 0 Å². The molecule has 3 rings (SSSR count). The van der Waals surface area contributed by atoms with Gasteiger partial charge in [-0.1, -0.05) is 23.5 Å². The van der Waals surface area contributed by atoms with Crippen molar-refractivity contribution in [2.45, 2.75) is 31.1 Å². The summed E-state index contributed by atoms with van der Waals surface area (Å²) in [5.41, 5.74) is 1.38. The van der Waals surface area contributed by atoms with E-state index in [0.29, 0.717) is 22.8 Å². The first-order chi connectivity index (χ1) is 13.2. The van der Waals surface area contributed by atoms with Gasteiger partial charge < -0.3 is 14.6 Å². The third kappa shape index (κ3) is 4.29. The highest BCUT2D eigenvalue weighted by Gasteiger charge is 2.34. The lowest BCUT2D eigenvalue weighted by molar-refractivity contribution is -0.139. The highest BCUT2D eigenvalue weighted by molar-refractivity contribution is 7.91. The van der Waals surface area contributed by atoms with Crippen molar-refractivity contribution in [1.29, 1.82) is 0 Å². The molecule has 10 heteroatoms. The zero-order valence-electron chi connectivity index (χ0n) is 16.0. The molecule has 152 valence electrons. The molecule has 2 heterocycles. The number of carbonyl (C=O) groups excluding carboxylic acids is 1. The highest BCUT2D eigenvalue weighted by atomic mass is 32.2. The predicted molar refractivity (Wildman–Crippen MR) is 106 cm³/mol. The number of aryl methyl sites for hydroxylation is 2. The largest absolute Gasteiger partial charge is 0.481 e. The molecular weight excluding hydrogens is 402 g/mol. The summed E-state index contributed by atoms with van der Waals surface area (Å²) in [6.07, 6.45) is -0.665. The average molecular weight is 426 g/mol. The molecule has 1 aromatic carbocycles. The number of benzene rings is 1. The number of rotatable bonds is 5. The normalized spacial score (nSPS) is 16.8. The SMILES string of the molecule is Cc1cccc(OC(C)C(=O)N2CCN(S(=O)(=O)c3sc(=O)[nH]c3C)CC2)c1. The molecule has 1 saturated heterocycles. The van der Waals surface area contributed by atoms with Crippen molar-refractivity contribution in [3.05, 3.63) is 45.2 Å². The third-order valence-corrected chi connectivity index (χ3v) is 8.04. The van der Waals surface area contributed by atoms with Gasteiger partial charge in [0.2, 0.25) is 0 Å². The van der Waals surface area contributed by atoms with Crippen molar-refractivity contribution in [3.8, 4) is 5.75 Å². The molecule has 1 amide bonds. The Morgan fingerprint density at radius 2 is 1.89 bits per heavy atom. The lowest BCUT2D eigenvalue weighted by atomic mass is 10.2. The molecule has 1 atom stereocenters. The first-order valence-corrected chi connectivity index (χ1v) is 11.2. The number of hydrogen-bond acceptors (Lipinski definition) is 6. The topological polar surface area (TPSA) is 99.8 Å². The van der Waals surface area contributed by atoms with Crippen molar-refractivity contribution in [2.24, 2.45) is 0 Å². The third-order valence-electron chi connectivity index (χ3n) is 4.56. The zero-order valence-corrected chi connectivity index (χ0v) is 17.6. The Labute approximate surface area is 167 Å². The fourth-order valence-electron chi connectivity index (χ4n) is 3.10. The number of thiazole rings is 1. The van der Waals surface area contributed by atoms with Crippen LogP contribution in [0.2, 0.25) is 0 Å². The van der Waals surface area contributed by atoms with Crippen molar-refractivity contribution < 1.29 is 17.9 Å². The number of nitrogens with zero attached hydrogens (tertiary/aromatic N) is 2. The molecular formula is C18H23N3O5S2. The van der Waals surface area contributed by atoms with Gasteiger partial charge in [-0.2, -0.15) is 4.31 Å². The number of aromatic nitrogens is 1. The Morgan fingerprint density at radius 3 is 2.46 bits per heavy atom. The highest BCUT2D eigenvalue weighted by Crippen LogP contribution is 2.23. The number of nitrogens with one attached hydrogen (secondary N) is 1. The summed E-state index contributed by atoms with van der Waals surface area (Å²) in [7, 11) is -3.74. The summed E-state index contributed by atoms with van der Waals surface area (Å²) in [6.45, 7) is 6.11. The summed E-state index contributed by atoms with van der Waals surface area (Å²) >= 11 is 0.688. The first-order valence-electron chi connectivity index (χ1n) is 8.90. The van der Waals surface area contributed by atoms with Gasteiger partial charge in [-0.25, -0.2) is 8.42 Å². The predicted octanol–water partition coefficient (Wildman–Crippen LogP) is 1.35. The number of aromatic amines is 1. The van der Waals surface area contributed by atoms with Crippen LogP contribution >= 0.6 is 11.3 Å². The quantitative estimate of drug-likeness (QED) is 0.780. The molecule has 1 fully saturated rings. The van der Waals surface area contributed by atoms with Crippen LogP contribution in [0.1, 0.15) is 18.2 Å². The molecule has 2 aromatic rings. The van der Waals surface area contributed by atoms with E-state index in [4.69, 9.17) is 4.74 Å². The van der Waals surface area contributed by atoms with Gasteiger partial charge in [-0.15, -0.1) is 0 Å². The Kier molecular flexibility index (Phi) is 5.92. The zero-order chi connectivity index (χ0) is 20.5. The standard InChI is InChI=1S/C18H23N3O5S2/c1-12-5-4-6-15(11-12)26-14(3)16(22)20-7-9-21(10-8-20)28(24,25)17-13(2)19-18(23)27-17/h4-6,11,14H,7-10H2,1-3H3,(H,19,23). The molecule has 8 nitrogen and oxygen atoms in total. The molecule has 1 aliphatic rings. The van der Waals surface area contributed by atoms with Gasteiger partial charge in [0.1, 0.15) is 5.75 Å². The van der Waals surface area contributed by atoms with Crippen LogP contribution in [0.25, 0.3) is 0 Å². The molecule has 0 spiro atoms.